The van der Waals surface area contributed by atoms with E-state index in [1.807, 2.05) is 30.3 Å². The van der Waals surface area contributed by atoms with Crippen molar-refractivity contribution in [2.75, 3.05) is 45.2 Å². The summed E-state index contributed by atoms with van der Waals surface area (Å²) in [6.45, 7) is 3.09. The smallest absolute Gasteiger partial charge is 0.319 e. The molecule has 0 atom stereocenters. The van der Waals surface area contributed by atoms with Crippen molar-refractivity contribution in [2.24, 2.45) is 0 Å². The fourth-order valence-corrected chi connectivity index (χ4v) is 6.09. The summed E-state index contributed by atoms with van der Waals surface area (Å²) in [6.07, 6.45) is 6.61. The Hall–Kier alpha value is -2.67. The van der Waals surface area contributed by atoms with Gasteiger partial charge in [0, 0.05) is 51.6 Å². The number of hydrogen-bond acceptors (Lipinski definition) is 5. The van der Waals surface area contributed by atoms with E-state index in [4.69, 9.17) is 9.97 Å². The van der Waals surface area contributed by atoms with Gasteiger partial charge in [-0.15, -0.1) is 11.3 Å². The minimum absolute atomic E-state index is 0.0916. The van der Waals surface area contributed by atoms with Crippen LogP contribution >= 0.6 is 11.3 Å². The molecule has 3 heterocycles. The number of aryl methyl sites for hydroxylation is 4. The van der Waals surface area contributed by atoms with Crippen molar-refractivity contribution >= 4 is 33.4 Å². The second-order valence-corrected chi connectivity index (χ2v) is 10.1. The van der Waals surface area contributed by atoms with Gasteiger partial charge in [0.05, 0.1) is 5.39 Å². The minimum atomic E-state index is 0.0916. The van der Waals surface area contributed by atoms with Crippen LogP contribution in [0.5, 0.6) is 0 Å². The third-order valence-corrected chi connectivity index (χ3v) is 7.74. The molecule has 168 valence electrons. The maximum Gasteiger partial charge on any atom is 0.319 e. The molecule has 1 aromatic carbocycles. The molecule has 0 radical (unpaired) electrons. The first kappa shape index (κ1) is 21.2. The molecule has 1 aliphatic heterocycles. The number of anilines is 1. The highest BCUT2D eigenvalue weighted by molar-refractivity contribution is 7.19. The Balaban J connectivity index is 1.45. The molecule has 2 aromatic heterocycles. The zero-order valence-electron chi connectivity index (χ0n) is 19.0. The quantitative estimate of drug-likeness (QED) is 0.600. The van der Waals surface area contributed by atoms with Crippen LogP contribution < -0.4 is 4.90 Å². The van der Waals surface area contributed by atoms with Crippen molar-refractivity contribution in [1.29, 1.82) is 0 Å². The van der Waals surface area contributed by atoms with E-state index in [-0.39, 0.29) is 6.03 Å². The third-order valence-electron chi connectivity index (χ3n) is 6.55. The molecule has 0 bridgehead atoms. The summed E-state index contributed by atoms with van der Waals surface area (Å²) in [5.74, 6) is 2.02. The van der Waals surface area contributed by atoms with Gasteiger partial charge < -0.3 is 14.7 Å². The van der Waals surface area contributed by atoms with Crippen molar-refractivity contribution in [3.63, 3.8) is 0 Å². The molecule has 0 unspecified atom stereocenters. The molecule has 6 nitrogen and oxygen atoms in total. The van der Waals surface area contributed by atoms with Gasteiger partial charge in [-0.1, -0.05) is 30.3 Å². The summed E-state index contributed by atoms with van der Waals surface area (Å²) < 4.78 is 0. The normalized spacial score (nSPS) is 16.3. The SMILES string of the molecule is CN(C)C(=O)N1CCN(c2nc(CCc3ccccc3)nc3sc4c(c23)CCCC4)CC1. The van der Waals surface area contributed by atoms with Gasteiger partial charge in [-0.25, -0.2) is 14.8 Å². The number of thiophene rings is 1. The molecule has 1 saturated heterocycles. The lowest BCUT2D eigenvalue weighted by molar-refractivity contribution is 0.168. The van der Waals surface area contributed by atoms with Crippen LogP contribution in [0.3, 0.4) is 0 Å². The summed E-state index contributed by atoms with van der Waals surface area (Å²) in [6, 6.07) is 10.7. The molecule has 5 rings (SSSR count). The number of carbonyl (C=O) groups excluding carboxylic acids is 1. The van der Waals surface area contributed by atoms with Gasteiger partial charge >= 0.3 is 6.03 Å². The van der Waals surface area contributed by atoms with Gasteiger partial charge in [-0.05, 0) is 43.2 Å². The van der Waals surface area contributed by atoms with Crippen LogP contribution in [0.4, 0.5) is 10.6 Å². The zero-order chi connectivity index (χ0) is 22.1. The van der Waals surface area contributed by atoms with Crippen molar-refractivity contribution in [3.05, 3.63) is 52.2 Å². The molecule has 2 amide bonds. The largest absolute Gasteiger partial charge is 0.352 e. The van der Waals surface area contributed by atoms with E-state index >= 15 is 0 Å². The fraction of sp³-hybridized carbons (Fsp3) is 0.480. The first-order valence-electron chi connectivity index (χ1n) is 11.7. The second-order valence-electron chi connectivity index (χ2n) is 8.99. The van der Waals surface area contributed by atoms with E-state index in [9.17, 15) is 4.79 Å². The Morgan fingerprint density at radius 2 is 1.75 bits per heavy atom. The fourth-order valence-electron chi connectivity index (χ4n) is 4.82. The summed E-state index contributed by atoms with van der Waals surface area (Å²) in [5, 5.41) is 1.28. The van der Waals surface area contributed by atoms with Crippen LogP contribution in [0.1, 0.15) is 34.7 Å². The van der Waals surface area contributed by atoms with Gasteiger partial charge in [0.1, 0.15) is 16.5 Å². The van der Waals surface area contributed by atoms with E-state index in [0.717, 1.165) is 61.9 Å². The number of aromatic nitrogens is 2. The number of fused-ring (bicyclic) bond motifs is 3. The number of rotatable bonds is 4. The maximum atomic E-state index is 12.4. The summed E-state index contributed by atoms with van der Waals surface area (Å²) in [7, 11) is 3.64. The Morgan fingerprint density at radius 1 is 1.00 bits per heavy atom. The molecule has 32 heavy (non-hydrogen) atoms. The zero-order valence-corrected chi connectivity index (χ0v) is 19.8. The van der Waals surface area contributed by atoms with E-state index in [1.165, 1.54) is 40.7 Å². The predicted molar refractivity (Wildman–Crippen MR) is 131 cm³/mol. The molecule has 3 aromatic rings. The number of nitrogens with zero attached hydrogens (tertiary/aromatic N) is 5. The third kappa shape index (κ3) is 4.18. The first-order chi connectivity index (χ1) is 15.6. The van der Waals surface area contributed by atoms with Crippen molar-refractivity contribution in [1.82, 2.24) is 19.8 Å². The lowest BCUT2D eigenvalue weighted by atomic mass is 9.96. The Morgan fingerprint density at radius 3 is 2.50 bits per heavy atom. The van der Waals surface area contributed by atoms with Crippen LogP contribution in [0.15, 0.2) is 30.3 Å². The number of benzene rings is 1. The molecule has 0 spiro atoms. The number of piperazine rings is 1. The van der Waals surface area contributed by atoms with Gasteiger partial charge in [0.25, 0.3) is 0 Å². The number of urea groups is 1. The number of hydrogen-bond donors (Lipinski definition) is 0. The second kappa shape index (κ2) is 9.06. The van der Waals surface area contributed by atoms with Crippen molar-refractivity contribution in [3.8, 4) is 0 Å². The first-order valence-corrected chi connectivity index (χ1v) is 12.5. The molecular formula is C25H31N5OS. The summed E-state index contributed by atoms with van der Waals surface area (Å²) in [5.41, 5.74) is 2.80. The number of carbonyl (C=O) groups is 1. The minimum Gasteiger partial charge on any atom is -0.352 e. The predicted octanol–water partition coefficient (Wildman–Crippen LogP) is 4.16. The van der Waals surface area contributed by atoms with E-state index < -0.39 is 0 Å². The van der Waals surface area contributed by atoms with Crippen LogP contribution in [-0.4, -0.2) is 66.1 Å². The highest BCUT2D eigenvalue weighted by Crippen LogP contribution is 2.40. The van der Waals surface area contributed by atoms with E-state index in [2.05, 4.69) is 35.2 Å². The Bertz CT molecular complexity index is 1100. The Labute approximate surface area is 193 Å². The average molecular weight is 450 g/mol. The summed E-state index contributed by atoms with van der Waals surface area (Å²) in [4.78, 5) is 31.2. The molecular weight excluding hydrogens is 418 g/mol. The molecule has 1 fully saturated rings. The van der Waals surface area contributed by atoms with E-state index in [0.29, 0.717) is 0 Å². The van der Waals surface area contributed by atoms with Crippen LogP contribution in [-0.2, 0) is 25.7 Å². The molecule has 0 saturated carbocycles. The lowest BCUT2D eigenvalue weighted by Crippen LogP contribution is -2.51. The van der Waals surface area contributed by atoms with Crippen LogP contribution in [0.25, 0.3) is 10.2 Å². The molecule has 1 aliphatic carbocycles. The topological polar surface area (TPSA) is 52.6 Å². The van der Waals surface area contributed by atoms with Gasteiger partial charge in [0.2, 0.25) is 0 Å². The standard InChI is InChI=1S/C25H31N5OS/c1-28(2)25(31)30-16-14-29(15-17-30)23-22-19-10-6-7-11-20(19)32-24(22)27-21(26-23)13-12-18-8-4-3-5-9-18/h3-5,8-9H,6-7,10-17H2,1-2H3. The van der Waals surface area contributed by atoms with Crippen LogP contribution in [0.2, 0.25) is 0 Å². The lowest BCUT2D eigenvalue weighted by Gasteiger charge is -2.37. The highest BCUT2D eigenvalue weighted by atomic mass is 32.1. The van der Waals surface area contributed by atoms with Crippen molar-refractivity contribution in [2.45, 2.75) is 38.5 Å². The number of amides is 2. The highest BCUT2D eigenvalue weighted by Gasteiger charge is 2.27. The average Bonchev–Trinajstić information content (AvgIpc) is 3.21. The molecule has 2 aliphatic rings. The van der Waals surface area contributed by atoms with Crippen LogP contribution in [0, 0.1) is 0 Å². The summed E-state index contributed by atoms with van der Waals surface area (Å²) >= 11 is 1.87. The van der Waals surface area contributed by atoms with Gasteiger partial charge in [-0.2, -0.15) is 0 Å². The van der Waals surface area contributed by atoms with Gasteiger partial charge in [0.15, 0.2) is 0 Å². The van der Waals surface area contributed by atoms with Crippen molar-refractivity contribution < 1.29 is 4.79 Å². The maximum absolute atomic E-state index is 12.4. The van der Waals surface area contributed by atoms with E-state index in [1.54, 1.807) is 4.90 Å². The molecule has 0 N–H and O–H groups in total. The van der Waals surface area contributed by atoms with Gasteiger partial charge in [-0.3, -0.25) is 0 Å². The Kier molecular flexibility index (Phi) is 6.00. The molecule has 7 heteroatoms. The monoisotopic (exact) mass is 449 g/mol.